The van der Waals surface area contributed by atoms with Gasteiger partial charge in [-0.05, 0) is 19.8 Å². The first kappa shape index (κ1) is 12.5. The quantitative estimate of drug-likeness (QED) is 0.488. The molecule has 0 spiro atoms. The van der Waals surface area contributed by atoms with Gasteiger partial charge >= 0.3 is 5.97 Å². The Morgan fingerprint density at radius 1 is 1.50 bits per heavy atom. The van der Waals surface area contributed by atoms with Crippen LogP contribution in [0.4, 0.5) is 0 Å². The van der Waals surface area contributed by atoms with Crippen LogP contribution in [0.3, 0.4) is 0 Å². The summed E-state index contributed by atoms with van der Waals surface area (Å²) >= 11 is 0. The topological polar surface area (TPSA) is 66.4 Å². The fourth-order valence-corrected chi connectivity index (χ4v) is 0.888. The number of aliphatic carboxylic acids is 1. The molecule has 0 bridgehead atoms. The lowest BCUT2D eigenvalue weighted by Gasteiger charge is -2.08. The van der Waals surface area contributed by atoms with E-state index < -0.39 is 12.0 Å². The molecule has 78 valence electrons. The molecule has 0 aliphatic rings. The van der Waals surface area contributed by atoms with Crippen LogP contribution >= 0.6 is 0 Å². The van der Waals surface area contributed by atoms with Gasteiger partial charge in [0.1, 0.15) is 6.04 Å². The Morgan fingerprint density at radius 2 is 2.14 bits per heavy atom. The molecule has 0 rings (SSSR count). The van der Waals surface area contributed by atoms with Crippen LogP contribution in [0, 0.1) is 12.3 Å². The van der Waals surface area contributed by atoms with Gasteiger partial charge in [0.15, 0.2) is 0 Å². The third-order valence-electron chi connectivity index (χ3n) is 1.72. The molecule has 0 fully saturated rings. The van der Waals surface area contributed by atoms with Crippen LogP contribution in [-0.2, 0) is 9.59 Å². The maximum absolute atomic E-state index is 11.1. The summed E-state index contributed by atoms with van der Waals surface area (Å²) in [5.74, 6) is 1.21. The van der Waals surface area contributed by atoms with Gasteiger partial charge in [0.2, 0.25) is 5.91 Å². The van der Waals surface area contributed by atoms with E-state index in [1.54, 1.807) is 0 Å². The lowest BCUT2D eigenvalue weighted by Crippen LogP contribution is -2.38. The first-order valence-corrected chi connectivity index (χ1v) is 4.53. The minimum Gasteiger partial charge on any atom is -0.480 e. The van der Waals surface area contributed by atoms with Gasteiger partial charge in [0, 0.05) is 12.8 Å². The number of hydrogen-bond acceptors (Lipinski definition) is 2. The van der Waals surface area contributed by atoms with Gasteiger partial charge in [-0.3, -0.25) is 9.59 Å². The van der Waals surface area contributed by atoms with Crippen LogP contribution in [0.2, 0.25) is 0 Å². The summed E-state index contributed by atoms with van der Waals surface area (Å²) in [4.78, 5) is 21.5. The second-order valence-corrected chi connectivity index (χ2v) is 3.04. The number of carbonyl (C=O) groups excluding carboxylic acids is 1. The van der Waals surface area contributed by atoms with Gasteiger partial charge < -0.3 is 10.4 Å². The molecule has 0 heterocycles. The molecule has 0 saturated carbocycles. The number of carbonyl (C=O) groups is 2. The highest BCUT2D eigenvalue weighted by molar-refractivity contribution is 5.83. The fourth-order valence-electron chi connectivity index (χ4n) is 0.888. The smallest absolute Gasteiger partial charge is 0.325 e. The molecule has 0 saturated heterocycles. The Hall–Kier alpha value is -1.50. The van der Waals surface area contributed by atoms with Crippen molar-refractivity contribution in [1.82, 2.24) is 5.32 Å². The first-order valence-electron chi connectivity index (χ1n) is 4.53. The molecule has 1 amide bonds. The third-order valence-corrected chi connectivity index (χ3v) is 1.72. The zero-order valence-electron chi connectivity index (χ0n) is 8.25. The summed E-state index contributed by atoms with van der Waals surface area (Å²) in [6, 6.07) is -0.824. The van der Waals surface area contributed by atoms with Gasteiger partial charge in [-0.1, -0.05) is 0 Å². The van der Waals surface area contributed by atoms with E-state index in [9.17, 15) is 9.59 Å². The summed E-state index contributed by atoms with van der Waals surface area (Å²) in [6.07, 6.45) is 7.52. The maximum Gasteiger partial charge on any atom is 0.325 e. The van der Waals surface area contributed by atoms with E-state index in [0.717, 1.165) is 6.42 Å². The average molecular weight is 197 g/mol. The largest absolute Gasteiger partial charge is 0.480 e. The Morgan fingerprint density at radius 3 is 2.64 bits per heavy atom. The minimum absolute atomic E-state index is 0.239. The molecule has 14 heavy (non-hydrogen) atoms. The second-order valence-electron chi connectivity index (χ2n) is 3.04. The number of rotatable bonds is 6. The van der Waals surface area contributed by atoms with Crippen LogP contribution in [0.25, 0.3) is 0 Å². The van der Waals surface area contributed by atoms with E-state index in [2.05, 4.69) is 11.2 Å². The Bertz CT molecular complexity index is 242. The van der Waals surface area contributed by atoms with Gasteiger partial charge in [0.25, 0.3) is 0 Å². The molecule has 1 atom stereocenters. The summed E-state index contributed by atoms with van der Waals surface area (Å²) in [5, 5.41) is 10.9. The van der Waals surface area contributed by atoms with Crippen molar-refractivity contribution in [3.63, 3.8) is 0 Å². The van der Waals surface area contributed by atoms with Crippen molar-refractivity contribution in [3.8, 4) is 12.3 Å². The summed E-state index contributed by atoms with van der Waals surface area (Å²) in [6.45, 7) is 1.43. The number of carboxylic acids is 1. The molecule has 0 aromatic rings. The number of unbranched alkanes of at least 4 members (excludes halogenated alkanes) is 2. The highest BCUT2D eigenvalue weighted by Gasteiger charge is 2.12. The van der Waals surface area contributed by atoms with Crippen molar-refractivity contribution in [3.05, 3.63) is 0 Å². The monoisotopic (exact) mass is 197 g/mol. The summed E-state index contributed by atoms with van der Waals surface area (Å²) in [7, 11) is 0. The third kappa shape index (κ3) is 6.06. The number of amides is 1. The van der Waals surface area contributed by atoms with E-state index in [4.69, 9.17) is 11.5 Å². The lowest BCUT2D eigenvalue weighted by atomic mass is 10.2. The number of terminal acetylenes is 1. The summed E-state index contributed by atoms with van der Waals surface area (Å²) < 4.78 is 0. The lowest BCUT2D eigenvalue weighted by molar-refractivity contribution is -0.141. The molecule has 0 aliphatic carbocycles. The predicted molar refractivity (Wildman–Crippen MR) is 52.5 cm³/mol. The van der Waals surface area contributed by atoms with Crippen molar-refractivity contribution < 1.29 is 14.7 Å². The number of carboxylic acid groups (broad SMARTS) is 1. The molecule has 4 nitrogen and oxygen atoms in total. The molecule has 0 radical (unpaired) electrons. The maximum atomic E-state index is 11.1. The Labute approximate surface area is 83.7 Å². The second kappa shape index (κ2) is 6.96. The molecule has 4 heteroatoms. The SMILES string of the molecule is C#CCCCCC(=O)N[C@H](C)C(=O)O. The van der Waals surface area contributed by atoms with E-state index in [1.165, 1.54) is 6.92 Å². The molecule has 0 aliphatic heterocycles. The van der Waals surface area contributed by atoms with Crippen LogP contribution < -0.4 is 5.32 Å². The standard InChI is InChI=1S/C10H15NO3/c1-3-4-5-6-7-9(12)11-8(2)10(13)14/h1,8H,4-7H2,2H3,(H,11,12)(H,13,14)/t8-/m1/s1. The van der Waals surface area contributed by atoms with E-state index in [0.29, 0.717) is 19.3 Å². The molecule has 0 unspecified atom stereocenters. The van der Waals surface area contributed by atoms with Gasteiger partial charge in [-0.2, -0.15) is 0 Å². The van der Waals surface area contributed by atoms with Crippen LogP contribution in [0.15, 0.2) is 0 Å². The number of hydrogen-bond donors (Lipinski definition) is 2. The summed E-state index contributed by atoms with van der Waals surface area (Å²) in [5.41, 5.74) is 0. The zero-order chi connectivity index (χ0) is 11.0. The predicted octanol–water partition coefficient (Wildman–Crippen LogP) is 0.769. The molecule has 0 aromatic carbocycles. The number of nitrogens with one attached hydrogen (secondary N) is 1. The van der Waals surface area contributed by atoms with E-state index in [1.807, 2.05) is 0 Å². The van der Waals surface area contributed by atoms with Crippen LogP contribution in [0.5, 0.6) is 0 Å². The Kier molecular flexibility index (Phi) is 6.21. The molecule has 0 aromatic heterocycles. The van der Waals surface area contributed by atoms with Gasteiger partial charge in [0.05, 0.1) is 0 Å². The molecular formula is C10H15NO3. The van der Waals surface area contributed by atoms with E-state index in [-0.39, 0.29) is 5.91 Å². The van der Waals surface area contributed by atoms with Crippen molar-refractivity contribution >= 4 is 11.9 Å². The normalized spacial score (nSPS) is 11.4. The highest BCUT2D eigenvalue weighted by atomic mass is 16.4. The minimum atomic E-state index is -1.03. The van der Waals surface area contributed by atoms with Crippen molar-refractivity contribution in [2.45, 2.75) is 38.6 Å². The fraction of sp³-hybridized carbons (Fsp3) is 0.600. The van der Waals surface area contributed by atoms with E-state index >= 15 is 0 Å². The van der Waals surface area contributed by atoms with Gasteiger partial charge in [-0.25, -0.2) is 0 Å². The van der Waals surface area contributed by atoms with Crippen molar-refractivity contribution in [2.24, 2.45) is 0 Å². The van der Waals surface area contributed by atoms with Crippen molar-refractivity contribution in [2.75, 3.05) is 0 Å². The molecular weight excluding hydrogens is 182 g/mol. The van der Waals surface area contributed by atoms with Crippen LogP contribution in [0.1, 0.15) is 32.6 Å². The zero-order valence-corrected chi connectivity index (χ0v) is 8.25. The molecule has 2 N–H and O–H groups in total. The Balaban J connectivity index is 3.56. The van der Waals surface area contributed by atoms with Gasteiger partial charge in [-0.15, -0.1) is 12.3 Å². The average Bonchev–Trinajstić information content (AvgIpc) is 2.12. The first-order chi connectivity index (χ1) is 6.57. The highest BCUT2D eigenvalue weighted by Crippen LogP contribution is 1.98. The van der Waals surface area contributed by atoms with Crippen LogP contribution in [-0.4, -0.2) is 23.0 Å². The van der Waals surface area contributed by atoms with Crippen molar-refractivity contribution in [1.29, 1.82) is 0 Å².